The van der Waals surface area contributed by atoms with E-state index in [9.17, 15) is 15.2 Å². The molecule has 2 heterocycles. The van der Waals surface area contributed by atoms with Crippen molar-refractivity contribution in [3.8, 4) is 0 Å². The summed E-state index contributed by atoms with van der Waals surface area (Å²) in [4.78, 5) is 12.6. The Hall–Kier alpha value is -2.26. The zero-order valence-electron chi connectivity index (χ0n) is 12.8. The van der Waals surface area contributed by atoms with Crippen molar-refractivity contribution in [3.05, 3.63) is 44.5 Å². The average molecular weight is 335 g/mol. The number of rotatable bonds is 4. The van der Waals surface area contributed by atoms with Crippen molar-refractivity contribution >= 4 is 23.6 Å². The zero-order chi connectivity index (χ0) is 16.7. The van der Waals surface area contributed by atoms with Gasteiger partial charge in [0.25, 0.3) is 5.69 Å². The van der Waals surface area contributed by atoms with Crippen molar-refractivity contribution in [1.82, 2.24) is 14.3 Å². The Morgan fingerprint density at radius 2 is 2.26 bits per heavy atom. The van der Waals surface area contributed by atoms with E-state index in [0.717, 1.165) is 17.7 Å². The van der Waals surface area contributed by atoms with Crippen LogP contribution in [-0.4, -0.2) is 30.4 Å². The van der Waals surface area contributed by atoms with Gasteiger partial charge in [-0.3, -0.25) is 10.1 Å². The smallest absolute Gasteiger partial charge is 0.269 e. The number of fused-ring (bicyclic) bond motifs is 1. The molecule has 1 unspecified atom stereocenters. The first-order valence-corrected chi connectivity index (χ1v) is 7.60. The lowest BCUT2D eigenvalue weighted by atomic mass is 10.1. The van der Waals surface area contributed by atoms with E-state index in [0.29, 0.717) is 17.3 Å². The number of aliphatic hydroxyl groups is 1. The van der Waals surface area contributed by atoms with Gasteiger partial charge in [0.15, 0.2) is 10.6 Å². The first-order chi connectivity index (χ1) is 10.9. The Morgan fingerprint density at radius 1 is 1.52 bits per heavy atom. The van der Waals surface area contributed by atoms with Crippen LogP contribution in [0.5, 0.6) is 0 Å². The van der Waals surface area contributed by atoms with Gasteiger partial charge in [-0.1, -0.05) is 0 Å². The SMILES string of the molecule is CC1Cc2cc([N+](=O)[O-])ccc2N1Cn1nc(CO)n(C)c1=S. The second-order valence-electron chi connectivity index (χ2n) is 5.65. The number of anilines is 1. The Kier molecular flexibility index (Phi) is 3.90. The fourth-order valence-electron chi connectivity index (χ4n) is 2.92. The van der Waals surface area contributed by atoms with Crippen LogP contribution in [-0.2, 0) is 26.7 Å². The number of nitrogens with zero attached hydrogens (tertiary/aromatic N) is 5. The standard InChI is InChI=1S/C14H17N5O3S/c1-9-5-10-6-11(19(21)22)3-4-12(10)17(9)8-18-14(23)16(2)13(7-20)15-18/h3-4,6,9,20H,5,7-8H2,1-2H3. The van der Waals surface area contributed by atoms with Crippen molar-refractivity contribution < 1.29 is 10.0 Å². The van der Waals surface area contributed by atoms with Crippen molar-refractivity contribution in [3.63, 3.8) is 0 Å². The molecule has 23 heavy (non-hydrogen) atoms. The largest absolute Gasteiger partial charge is 0.388 e. The van der Waals surface area contributed by atoms with E-state index < -0.39 is 0 Å². The maximum atomic E-state index is 10.9. The summed E-state index contributed by atoms with van der Waals surface area (Å²) >= 11 is 5.34. The fourth-order valence-corrected chi connectivity index (χ4v) is 3.12. The summed E-state index contributed by atoms with van der Waals surface area (Å²) in [6.45, 7) is 2.33. The van der Waals surface area contributed by atoms with Crippen LogP contribution in [0.2, 0.25) is 0 Å². The zero-order valence-corrected chi connectivity index (χ0v) is 13.7. The van der Waals surface area contributed by atoms with Gasteiger partial charge in [0, 0.05) is 30.9 Å². The van der Waals surface area contributed by atoms with Gasteiger partial charge in [0.2, 0.25) is 0 Å². The summed E-state index contributed by atoms with van der Waals surface area (Å²) in [6, 6.07) is 5.10. The molecule has 0 fully saturated rings. The lowest BCUT2D eigenvalue weighted by Gasteiger charge is -2.24. The molecule has 122 valence electrons. The molecule has 8 nitrogen and oxygen atoms in total. The molecule has 0 amide bonds. The van der Waals surface area contributed by atoms with Gasteiger partial charge >= 0.3 is 0 Å². The Labute approximate surface area is 137 Å². The maximum absolute atomic E-state index is 10.9. The maximum Gasteiger partial charge on any atom is 0.269 e. The topological polar surface area (TPSA) is 89.4 Å². The lowest BCUT2D eigenvalue weighted by molar-refractivity contribution is -0.384. The van der Waals surface area contributed by atoms with Crippen molar-refractivity contribution in [2.45, 2.75) is 32.7 Å². The van der Waals surface area contributed by atoms with E-state index in [2.05, 4.69) is 16.9 Å². The van der Waals surface area contributed by atoms with Crippen LogP contribution in [0.15, 0.2) is 18.2 Å². The molecule has 1 atom stereocenters. The van der Waals surface area contributed by atoms with E-state index in [1.165, 1.54) is 6.07 Å². The lowest BCUT2D eigenvalue weighted by Crippen LogP contribution is -2.32. The molecule has 1 aliphatic heterocycles. The summed E-state index contributed by atoms with van der Waals surface area (Å²) in [5.41, 5.74) is 2.02. The normalized spacial score (nSPS) is 16.7. The van der Waals surface area contributed by atoms with E-state index >= 15 is 0 Å². The predicted molar refractivity (Wildman–Crippen MR) is 86.7 cm³/mol. The van der Waals surface area contributed by atoms with Gasteiger partial charge < -0.3 is 14.6 Å². The number of hydrogen-bond acceptors (Lipinski definition) is 6. The molecule has 1 N–H and O–H groups in total. The van der Waals surface area contributed by atoms with Crippen molar-refractivity contribution in [1.29, 1.82) is 0 Å². The highest BCUT2D eigenvalue weighted by atomic mass is 32.1. The first-order valence-electron chi connectivity index (χ1n) is 7.20. The minimum Gasteiger partial charge on any atom is -0.388 e. The highest BCUT2D eigenvalue weighted by Crippen LogP contribution is 2.34. The number of aromatic nitrogens is 3. The van der Waals surface area contributed by atoms with E-state index in [1.54, 1.807) is 28.4 Å². The van der Waals surface area contributed by atoms with Gasteiger partial charge in [-0.15, -0.1) is 0 Å². The third-order valence-corrected chi connectivity index (χ3v) is 4.67. The Bertz CT molecular complexity index is 828. The summed E-state index contributed by atoms with van der Waals surface area (Å²) < 4.78 is 3.86. The Balaban J connectivity index is 1.94. The monoisotopic (exact) mass is 335 g/mol. The molecule has 3 rings (SSSR count). The van der Waals surface area contributed by atoms with Gasteiger partial charge in [0.05, 0.1) is 4.92 Å². The highest BCUT2D eigenvalue weighted by Gasteiger charge is 2.28. The minimum absolute atomic E-state index is 0.106. The summed E-state index contributed by atoms with van der Waals surface area (Å²) in [6.07, 6.45) is 0.740. The van der Waals surface area contributed by atoms with Crippen molar-refractivity contribution in [2.24, 2.45) is 7.05 Å². The van der Waals surface area contributed by atoms with Crippen LogP contribution >= 0.6 is 12.2 Å². The molecule has 0 saturated carbocycles. The number of nitro benzene ring substituents is 1. The first kappa shape index (κ1) is 15.6. The van der Waals surface area contributed by atoms with Crippen LogP contribution in [0.4, 0.5) is 11.4 Å². The van der Waals surface area contributed by atoms with Crippen LogP contribution in [0.3, 0.4) is 0 Å². The number of benzene rings is 1. The van der Waals surface area contributed by atoms with Gasteiger partial charge in [-0.05, 0) is 37.2 Å². The van der Waals surface area contributed by atoms with E-state index in [4.69, 9.17) is 12.2 Å². The molecular formula is C14H17N5O3S. The third kappa shape index (κ3) is 2.62. The second-order valence-corrected chi connectivity index (χ2v) is 6.02. The van der Waals surface area contributed by atoms with Crippen molar-refractivity contribution in [2.75, 3.05) is 4.90 Å². The molecule has 0 bridgehead atoms. The van der Waals surface area contributed by atoms with Crippen LogP contribution in [0, 0.1) is 14.9 Å². The highest BCUT2D eigenvalue weighted by molar-refractivity contribution is 7.71. The molecule has 2 aromatic rings. The molecule has 0 radical (unpaired) electrons. The third-order valence-electron chi connectivity index (χ3n) is 4.19. The van der Waals surface area contributed by atoms with Crippen LogP contribution in [0.25, 0.3) is 0 Å². The minimum atomic E-state index is -0.379. The van der Waals surface area contributed by atoms with E-state index in [1.807, 2.05) is 0 Å². The summed E-state index contributed by atoms with van der Waals surface area (Å²) in [5.74, 6) is 0.505. The Morgan fingerprint density at radius 3 is 2.87 bits per heavy atom. The summed E-state index contributed by atoms with van der Waals surface area (Å²) in [7, 11) is 1.77. The second kappa shape index (κ2) is 5.74. The van der Waals surface area contributed by atoms with E-state index in [-0.39, 0.29) is 23.3 Å². The molecule has 1 aromatic carbocycles. The van der Waals surface area contributed by atoms with Crippen LogP contribution < -0.4 is 4.90 Å². The number of non-ortho nitro benzene ring substituents is 1. The average Bonchev–Trinajstić information content (AvgIpc) is 2.98. The molecule has 0 aliphatic carbocycles. The molecule has 1 aromatic heterocycles. The van der Waals surface area contributed by atoms with Gasteiger partial charge in [0.1, 0.15) is 13.3 Å². The molecular weight excluding hydrogens is 318 g/mol. The molecule has 1 aliphatic rings. The fraction of sp³-hybridized carbons (Fsp3) is 0.429. The number of nitro groups is 1. The predicted octanol–water partition coefficient (Wildman–Crippen LogP) is 1.76. The summed E-state index contributed by atoms with van der Waals surface area (Å²) in [5, 5.41) is 24.5. The quantitative estimate of drug-likeness (QED) is 0.520. The number of hydrogen-bond donors (Lipinski definition) is 1. The van der Waals surface area contributed by atoms with Gasteiger partial charge in [-0.25, -0.2) is 4.68 Å². The van der Waals surface area contributed by atoms with Crippen LogP contribution in [0.1, 0.15) is 18.3 Å². The molecule has 9 heteroatoms. The molecule has 0 spiro atoms. The van der Waals surface area contributed by atoms with Gasteiger partial charge in [-0.2, -0.15) is 5.10 Å². The molecule has 0 saturated heterocycles. The number of aliphatic hydroxyl groups excluding tert-OH is 1.